The second kappa shape index (κ2) is 3.70. The summed E-state index contributed by atoms with van der Waals surface area (Å²) >= 11 is 0. The summed E-state index contributed by atoms with van der Waals surface area (Å²) in [6, 6.07) is 6.21. The first-order valence-electron chi connectivity index (χ1n) is 5.06. The van der Waals surface area contributed by atoms with E-state index in [0.717, 1.165) is 35.5 Å². The lowest BCUT2D eigenvalue weighted by atomic mass is 10.3. The molecule has 0 atom stereocenters. The van der Waals surface area contributed by atoms with Crippen molar-refractivity contribution in [1.29, 1.82) is 0 Å². The number of imidazole rings is 1. The predicted molar refractivity (Wildman–Crippen MR) is 59.6 cm³/mol. The van der Waals surface area contributed by atoms with Crippen LogP contribution in [0.1, 0.15) is 19.7 Å². The normalized spacial score (nSPS) is 10.7. The lowest BCUT2D eigenvalue weighted by molar-refractivity contribution is 1.00. The number of aromatic amines is 1. The molecule has 3 nitrogen and oxygen atoms in total. The number of aryl methyl sites for hydroxylation is 1. The first-order valence-corrected chi connectivity index (χ1v) is 5.06. The molecule has 0 aliphatic carbocycles. The van der Waals surface area contributed by atoms with Crippen LogP contribution in [0.2, 0.25) is 0 Å². The number of nitrogens with zero attached hydrogens (tertiary/aromatic N) is 1. The van der Waals surface area contributed by atoms with Crippen molar-refractivity contribution in [1.82, 2.24) is 9.97 Å². The molecular formula is C11H15N3. The van der Waals surface area contributed by atoms with Gasteiger partial charge < -0.3 is 10.3 Å². The third-order valence-electron chi connectivity index (χ3n) is 2.25. The zero-order valence-corrected chi connectivity index (χ0v) is 8.59. The summed E-state index contributed by atoms with van der Waals surface area (Å²) < 4.78 is 0. The summed E-state index contributed by atoms with van der Waals surface area (Å²) in [5.41, 5.74) is 3.30. The highest BCUT2D eigenvalue weighted by molar-refractivity contribution is 5.79. The van der Waals surface area contributed by atoms with E-state index < -0.39 is 0 Å². The minimum absolute atomic E-state index is 0.945. The van der Waals surface area contributed by atoms with Crippen molar-refractivity contribution in [3.8, 4) is 0 Å². The van der Waals surface area contributed by atoms with Crippen molar-refractivity contribution in [3.05, 3.63) is 24.0 Å². The number of H-pyrrole nitrogens is 1. The van der Waals surface area contributed by atoms with E-state index in [-0.39, 0.29) is 0 Å². The van der Waals surface area contributed by atoms with Gasteiger partial charge in [0.1, 0.15) is 5.82 Å². The van der Waals surface area contributed by atoms with E-state index in [4.69, 9.17) is 0 Å². The van der Waals surface area contributed by atoms with Gasteiger partial charge in [-0.25, -0.2) is 4.98 Å². The molecule has 0 amide bonds. The van der Waals surface area contributed by atoms with Crippen molar-refractivity contribution >= 4 is 16.7 Å². The smallest absolute Gasteiger partial charge is 0.106 e. The Morgan fingerprint density at radius 3 is 2.93 bits per heavy atom. The average molecular weight is 189 g/mol. The summed E-state index contributed by atoms with van der Waals surface area (Å²) in [5.74, 6) is 1.05. The highest BCUT2D eigenvalue weighted by Gasteiger charge is 2.01. The van der Waals surface area contributed by atoms with Crippen LogP contribution in [0.25, 0.3) is 11.0 Å². The van der Waals surface area contributed by atoms with E-state index >= 15 is 0 Å². The zero-order valence-electron chi connectivity index (χ0n) is 8.59. The minimum atomic E-state index is 0.945. The van der Waals surface area contributed by atoms with Crippen molar-refractivity contribution in [2.24, 2.45) is 0 Å². The first kappa shape index (κ1) is 9.06. The van der Waals surface area contributed by atoms with E-state index in [9.17, 15) is 0 Å². The summed E-state index contributed by atoms with van der Waals surface area (Å²) in [5, 5.41) is 3.28. The van der Waals surface area contributed by atoms with Crippen molar-refractivity contribution in [3.63, 3.8) is 0 Å². The van der Waals surface area contributed by atoms with E-state index in [0.29, 0.717) is 0 Å². The Balaban J connectivity index is 2.43. The Morgan fingerprint density at radius 2 is 2.21 bits per heavy atom. The molecule has 0 radical (unpaired) electrons. The van der Waals surface area contributed by atoms with Gasteiger partial charge in [0.2, 0.25) is 0 Å². The molecule has 0 unspecified atom stereocenters. The van der Waals surface area contributed by atoms with Crippen LogP contribution < -0.4 is 5.32 Å². The Morgan fingerprint density at radius 1 is 1.36 bits per heavy atom. The maximum atomic E-state index is 4.45. The van der Waals surface area contributed by atoms with E-state index in [1.807, 2.05) is 6.07 Å². The van der Waals surface area contributed by atoms with Gasteiger partial charge in [-0.15, -0.1) is 0 Å². The van der Waals surface area contributed by atoms with Crippen LogP contribution in [0.5, 0.6) is 0 Å². The summed E-state index contributed by atoms with van der Waals surface area (Å²) in [6.07, 6.45) is 0.950. The number of rotatable bonds is 3. The van der Waals surface area contributed by atoms with Crippen LogP contribution in [-0.4, -0.2) is 16.5 Å². The Hall–Kier alpha value is -1.51. The molecule has 74 valence electrons. The molecule has 0 spiro atoms. The van der Waals surface area contributed by atoms with Gasteiger partial charge >= 0.3 is 0 Å². The number of fused-ring (bicyclic) bond motifs is 1. The molecule has 1 aromatic carbocycles. The average Bonchev–Trinajstić information content (AvgIpc) is 2.60. The zero-order chi connectivity index (χ0) is 9.97. The monoisotopic (exact) mass is 189 g/mol. The van der Waals surface area contributed by atoms with Crippen molar-refractivity contribution in [2.45, 2.75) is 20.3 Å². The predicted octanol–water partition coefficient (Wildman–Crippen LogP) is 2.56. The summed E-state index contributed by atoms with van der Waals surface area (Å²) in [4.78, 5) is 7.74. The van der Waals surface area contributed by atoms with Crippen LogP contribution >= 0.6 is 0 Å². The van der Waals surface area contributed by atoms with Crippen LogP contribution in [0.3, 0.4) is 0 Å². The van der Waals surface area contributed by atoms with E-state index in [1.165, 1.54) is 0 Å². The van der Waals surface area contributed by atoms with Crippen LogP contribution in [-0.2, 0) is 6.42 Å². The molecule has 3 heteroatoms. The largest absolute Gasteiger partial charge is 0.385 e. The topological polar surface area (TPSA) is 40.7 Å². The Labute approximate surface area is 83.6 Å². The number of anilines is 1. The summed E-state index contributed by atoms with van der Waals surface area (Å²) in [7, 11) is 0. The van der Waals surface area contributed by atoms with E-state index in [1.54, 1.807) is 0 Å². The van der Waals surface area contributed by atoms with Gasteiger partial charge in [-0.3, -0.25) is 0 Å². The fraction of sp³-hybridized carbons (Fsp3) is 0.364. The SMILES string of the molecule is CCNc1ccc2nc(CC)[nH]c2c1. The quantitative estimate of drug-likeness (QED) is 0.779. The molecule has 0 fully saturated rings. The fourth-order valence-corrected chi connectivity index (χ4v) is 1.54. The van der Waals surface area contributed by atoms with Gasteiger partial charge in [0.05, 0.1) is 11.0 Å². The maximum absolute atomic E-state index is 4.45. The molecule has 1 aromatic heterocycles. The number of nitrogens with one attached hydrogen (secondary N) is 2. The fourth-order valence-electron chi connectivity index (χ4n) is 1.54. The molecule has 0 saturated heterocycles. The maximum Gasteiger partial charge on any atom is 0.106 e. The lowest BCUT2D eigenvalue weighted by Crippen LogP contribution is -1.95. The molecule has 0 aliphatic heterocycles. The lowest BCUT2D eigenvalue weighted by Gasteiger charge is -2.01. The van der Waals surface area contributed by atoms with Gasteiger partial charge in [0.25, 0.3) is 0 Å². The third-order valence-corrected chi connectivity index (χ3v) is 2.25. The molecule has 0 aliphatic rings. The first-order chi connectivity index (χ1) is 6.83. The minimum Gasteiger partial charge on any atom is -0.385 e. The van der Waals surface area contributed by atoms with E-state index in [2.05, 4.69) is 41.3 Å². The highest BCUT2D eigenvalue weighted by Crippen LogP contribution is 2.17. The van der Waals surface area contributed by atoms with Crippen molar-refractivity contribution in [2.75, 3.05) is 11.9 Å². The van der Waals surface area contributed by atoms with Crippen LogP contribution in [0.15, 0.2) is 18.2 Å². The van der Waals surface area contributed by atoms with Crippen LogP contribution in [0, 0.1) is 0 Å². The van der Waals surface area contributed by atoms with Crippen LogP contribution in [0.4, 0.5) is 5.69 Å². The van der Waals surface area contributed by atoms with Gasteiger partial charge in [-0.1, -0.05) is 6.92 Å². The molecule has 2 N–H and O–H groups in total. The second-order valence-corrected chi connectivity index (χ2v) is 3.30. The van der Waals surface area contributed by atoms with Gasteiger partial charge in [-0.05, 0) is 25.1 Å². The number of hydrogen-bond donors (Lipinski definition) is 2. The molecule has 2 aromatic rings. The second-order valence-electron chi connectivity index (χ2n) is 3.30. The third kappa shape index (κ3) is 1.58. The summed E-state index contributed by atoms with van der Waals surface area (Å²) in [6.45, 7) is 5.14. The van der Waals surface area contributed by atoms with Gasteiger partial charge in [0, 0.05) is 18.7 Å². The molecule has 14 heavy (non-hydrogen) atoms. The Kier molecular flexibility index (Phi) is 2.39. The van der Waals surface area contributed by atoms with Crippen molar-refractivity contribution < 1.29 is 0 Å². The molecule has 0 saturated carbocycles. The molecule has 2 rings (SSSR count). The van der Waals surface area contributed by atoms with Gasteiger partial charge in [0.15, 0.2) is 0 Å². The standard InChI is InChI=1S/C11H15N3/c1-3-11-13-9-6-5-8(12-4-2)7-10(9)14-11/h5-7,12H,3-4H2,1-2H3,(H,13,14). The number of benzene rings is 1. The molecule has 1 heterocycles. The molecule has 0 bridgehead atoms. The number of aromatic nitrogens is 2. The highest BCUT2D eigenvalue weighted by atomic mass is 14.9. The number of hydrogen-bond acceptors (Lipinski definition) is 2. The van der Waals surface area contributed by atoms with Gasteiger partial charge in [-0.2, -0.15) is 0 Å². The Bertz CT molecular complexity index is 431. The molecular weight excluding hydrogens is 174 g/mol.